The average molecular weight is 255 g/mol. The molecular formula is C9H10Cl2F2N2. The molecule has 0 aliphatic heterocycles. The molecule has 0 aromatic carbocycles. The molecule has 6 heteroatoms. The summed E-state index contributed by atoms with van der Waals surface area (Å²) in [4.78, 5) is 3.58. The highest BCUT2D eigenvalue weighted by Crippen LogP contribution is 2.19. The van der Waals surface area contributed by atoms with E-state index in [9.17, 15) is 8.78 Å². The van der Waals surface area contributed by atoms with Crippen LogP contribution in [-0.4, -0.2) is 22.3 Å². The number of halogens is 4. The number of hydrogen-bond donors (Lipinski definition) is 1. The molecule has 0 saturated carbocycles. The number of pyridine rings is 1. The molecule has 15 heavy (non-hydrogen) atoms. The van der Waals surface area contributed by atoms with Gasteiger partial charge in [0.25, 0.3) is 0 Å². The van der Waals surface area contributed by atoms with Crippen LogP contribution in [0.2, 0.25) is 0 Å². The van der Waals surface area contributed by atoms with Crippen LogP contribution < -0.4 is 5.32 Å². The summed E-state index contributed by atoms with van der Waals surface area (Å²) >= 11 is 11.3. The largest absolute Gasteiger partial charge is 0.360 e. The van der Waals surface area contributed by atoms with Gasteiger partial charge >= 0.3 is 0 Å². The zero-order chi connectivity index (χ0) is 11.5. The van der Waals surface area contributed by atoms with Crippen molar-refractivity contribution in [3.63, 3.8) is 0 Å². The van der Waals surface area contributed by atoms with E-state index in [1.165, 1.54) is 0 Å². The number of nitrogens with zero attached hydrogens (tertiary/aromatic N) is 1. The third-order valence-corrected chi connectivity index (χ3v) is 3.00. The summed E-state index contributed by atoms with van der Waals surface area (Å²) < 4.78 is 25.8. The van der Waals surface area contributed by atoms with Gasteiger partial charge in [0, 0.05) is 17.8 Å². The van der Waals surface area contributed by atoms with Crippen LogP contribution in [0.5, 0.6) is 0 Å². The van der Waals surface area contributed by atoms with Gasteiger partial charge in [0.15, 0.2) is 11.6 Å². The van der Waals surface area contributed by atoms with E-state index in [0.29, 0.717) is 0 Å². The van der Waals surface area contributed by atoms with Crippen molar-refractivity contribution in [2.24, 2.45) is 0 Å². The van der Waals surface area contributed by atoms with Crippen molar-refractivity contribution in [3.8, 4) is 0 Å². The Kier molecular flexibility index (Phi) is 4.11. The molecule has 0 amide bonds. The van der Waals surface area contributed by atoms with Crippen molar-refractivity contribution < 1.29 is 8.78 Å². The third-order valence-electron chi connectivity index (χ3n) is 1.82. The van der Waals surface area contributed by atoms with E-state index in [1.807, 2.05) is 0 Å². The van der Waals surface area contributed by atoms with E-state index < -0.39 is 17.2 Å². The maximum absolute atomic E-state index is 13.2. The van der Waals surface area contributed by atoms with Gasteiger partial charge in [-0.05, 0) is 6.92 Å². The number of anilines is 1. The van der Waals surface area contributed by atoms with Crippen LogP contribution in [0.3, 0.4) is 0 Å². The lowest BCUT2D eigenvalue weighted by Crippen LogP contribution is -2.39. The van der Waals surface area contributed by atoms with Crippen LogP contribution >= 0.6 is 23.2 Å². The van der Waals surface area contributed by atoms with Crippen molar-refractivity contribution in [1.82, 2.24) is 4.98 Å². The predicted octanol–water partition coefficient (Wildman–Crippen LogP) is 3.01. The second kappa shape index (κ2) is 4.94. The van der Waals surface area contributed by atoms with E-state index in [-0.39, 0.29) is 17.6 Å². The first kappa shape index (κ1) is 12.5. The fourth-order valence-corrected chi connectivity index (χ4v) is 1.31. The first-order valence-corrected chi connectivity index (χ1v) is 5.29. The van der Waals surface area contributed by atoms with Crippen molar-refractivity contribution in [3.05, 3.63) is 23.9 Å². The molecule has 0 unspecified atom stereocenters. The van der Waals surface area contributed by atoms with Crippen LogP contribution in [0.1, 0.15) is 6.92 Å². The lowest BCUT2D eigenvalue weighted by Gasteiger charge is -2.26. The second-order valence-electron chi connectivity index (χ2n) is 3.44. The van der Waals surface area contributed by atoms with Crippen LogP contribution in [0.25, 0.3) is 0 Å². The number of aromatic nitrogens is 1. The summed E-state index contributed by atoms with van der Waals surface area (Å²) in [5.41, 5.74) is -0.672. The van der Waals surface area contributed by atoms with Gasteiger partial charge in [-0.15, -0.1) is 23.2 Å². The SMILES string of the molecule is CC(CCl)(CCl)Nc1ncc(F)cc1F. The van der Waals surface area contributed by atoms with Gasteiger partial charge in [0.05, 0.1) is 11.7 Å². The van der Waals surface area contributed by atoms with Gasteiger partial charge < -0.3 is 5.32 Å². The van der Waals surface area contributed by atoms with Crippen LogP contribution in [0, 0.1) is 11.6 Å². The van der Waals surface area contributed by atoms with Gasteiger partial charge in [-0.3, -0.25) is 0 Å². The third kappa shape index (κ3) is 3.18. The maximum Gasteiger partial charge on any atom is 0.168 e. The molecule has 0 fully saturated rings. The van der Waals surface area contributed by atoms with Crippen LogP contribution in [0.15, 0.2) is 12.3 Å². The Morgan fingerprint density at radius 1 is 1.40 bits per heavy atom. The Bertz CT molecular complexity index is 343. The molecule has 0 spiro atoms. The van der Waals surface area contributed by atoms with E-state index >= 15 is 0 Å². The predicted molar refractivity (Wildman–Crippen MR) is 57.6 cm³/mol. The summed E-state index contributed by atoms with van der Waals surface area (Å²) in [5.74, 6) is -1.17. The molecule has 1 rings (SSSR count). The molecule has 1 aromatic heterocycles. The number of hydrogen-bond acceptors (Lipinski definition) is 2. The fourth-order valence-electron chi connectivity index (χ4n) is 0.895. The van der Waals surface area contributed by atoms with Crippen molar-refractivity contribution in [2.45, 2.75) is 12.5 Å². The Morgan fingerprint density at radius 3 is 2.47 bits per heavy atom. The monoisotopic (exact) mass is 254 g/mol. The van der Waals surface area contributed by atoms with Gasteiger partial charge in [0.2, 0.25) is 0 Å². The summed E-state index contributed by atoms with van der Waals surface area (Å²) in [6.07, 6.45) is 0.925. The molecule has 0 atom stereocenters. The molecular weight excluding hydrogens is 245 g/mol. The quantitative estimate of drug-likeness (QED) is 0.836. The van der Waals surface area contributed by atoms with Gasteiger partial charge in [-0.2, -0.15) is 0 Å². The van der Waals surface area contributed by atoms with Crippen molar-refractivity contribution >= 4 is 29.0 Å². The smallest absolute Gasteiger partial charge is 0.168 e. The first-order valence-electron chi connectivity index (χ1n) is 4.22. The summed E-state index contributed by atoms with van der Waals surface area (Å²) in [6.45, 7) is 1.72. The highest BCUT2D eigenvalue weighted by atomic mass is 35.5. The Morgan fingerprint density at radius 2 is 2.00 bits per heavy atom. The molecule has 1 heterocycles. The van der Waals surface area contributed by atoms with E-state index in [0.717, 1.165) is 12.3 Å². The molecule has 1 N–H and O–H groups in total. The highest BCUT2D eigenvalue weighted by molar-refractivity contribution is 6.22. The normalized spacial score (nSPS) is 11.5. The molecule has 0 bridgehead atoms. The zero-order valence-electron chi connectivity index (χ0n) is 8.03. The Balaban J connectivity index is 2.89. The number of rotatable bonds is 4. The van der Waals surface area contributed by atoms with Crippen molar-refractivity contribution in [2.75, 3.05) is 17.1 Å². The molecule has 2 nitrogen and oxygen atoms in total. The van der Waals surface area contributed by atoms with E-state index in [4.69, 9.17) is 23.2 Å². The summed E-state index contributed by atoms with van der Waals surface area (Å²) in [7, 11) is 0. The van der Waals surface area contributed by atoms with Crippen LogP contribution in [-0.2, 0) is 0 Å². The second-order valence-corrected chi connectivity index (χ2v) is 3.97. The molecule has 84 valence electrons. The number of alkyl halides is 2. The van der Waals surface area contributed by atoms with Crippen molar-refractivity contribution in [1.29, 1.82) is 0 Å². The lowest BCUT2D eigenvalue weighted by molar-refractivity contribution is 0.564. The average Bonchev–Trinajstić information content (AvgIpc) is 2.22. The van der Waals surface area contributed by atoms with Gasteiger partial charge in [0.1, 0.15) is 5.82 Å². The highest BCUT2D eigenvalue weighted by Gasteiger charge is 2.23. The van der Waals surface area contributed by atoms with E-state index in [1.54, 1.807) is 6.92 Å². The van der Waals surface area contributed by atoms with Gasteiger partial charge in [-0.1, -0.05) is 0 Å². The zero-order valence-corrected chi connectivity index (χ0v) is 9.54. The lowest BCUT2D eigenvalue weighted by atomic mass is 10.1. The van der Waals surface area contributed by atoms with Crippen LogP contribution in [0.4, 0.5) is 14.6 Å². The minimum Gasteiger partial charge on any atom is -0.360 e. The molecule has 0 aliphatic carbocycles. The Labute approximate surface area is 96.6 Å². The molecule has 0 radical (unpaired) electrons. The molecule has 1 aromatic rings. The van der Waals surface area contributed by atoms with Gasteiger partial charge in [-0.25, -0.2) is 13.8 Å². The minimum atomic E-state index is -0.767. The minimum absolute atomic E-state index is 0.0554. The molecule has 0 saturated heterocycles. The summed E-state index contributed by atoms with van der Waals surface area (Å²) in [6, 6.07) is 0.748. The summed E-state index contributed by atoms with van der Waals surface area (Å²) in [5, 5.41) is 2.73. The Hall–Kier alpha value is -0.610. The fraction of sp³-hybridized carbons (Fsp3) is 0.444. The van der Waals surface area contributed by atoms with E-state index in [2.05, 4.69) is 10.3 Å². The topological polar surface area (TPSA) is 24.9 Å². The first-order chi connectivity index (χ1) is 7.00. The standard InChI is InChI=1S/C9H10Cl2F2N2/c1-9(4-10,5-11)15-8-7(13)2-6(12)3-14-8/h2-3H,4-5H2,1H3,(H,14,15). The maximum atomic E-state index is 13.2. The number of nitrogens with one attached hydrogen (secondary N) is 1. The molecule has 0 aliphatic rings.